The molecular weight excluding hydrogens is 277 g/mol. The summed E-state index contributed by atoms with van der Waals surface area (Å²) in [5, 5.41) is 8.87. The van der Waals surface area contributed by atoms with Crippen molar-refractivity contribution < 1.29 is 23.8 Å². The quantitative estimate of drug-likeness (QED) is 0.837. The SMILES string of the molecule is CC(C)CN(CC(=O)O)C(=O)C(C)Oc1ccc(F)cc1. The van der Waals surface area contributed by atoms with Gasteiger partial charge in [-0.15, -0.1) is 0 Å². The molecule has 1 amide bonds. The number of hydrogen-bond donors (Lipinski definition) is 1. The molecule has 0 bridgehead atoms. The van der Waals surface area contributed by atoms with Crippen LogP contribution in [0, 0.1) is 11.7 Å². The van der Waals surface area contributed by atoms with Crippen LogP contribution >= 0.6 is 0 Å². The Bertz CT molecular complexity index is 487. The molecule has 0 aliphatic carbocycles. The number of amides is 1. The van der Waals surface area contributed by atoms with Gasteiger partial charge in [-0.05, 0) is 37.1 Å². The van der Waals surface area contributed by atoms with Gasteiger partial charge in [0.25, 0.3) is 5.91 Å². The summed E-state index contributed by atoms with van der Waals surface area (Å²) in [6.07, 6.45) is -0.839. The second-order valence-corrected chi connectivity index (χ2v) is 5.22. The molecule has 116 valence electrons. The van der Waals surface area contributed by atoms with Crippen molar-refractivity contribution in [3.8, 4) is 5.75 Å². The summed E-state index contributed by atoms with van der Waals surface area (Å²) in [5.41, 5.74) is 0. The molecule has 0 spiro atoms. The number of benzene rings is 1. The summed E-state index contributed by atoms with van der Waals surface area (Å²) in [7, 11) is 0. The molecular formula is C15H20FNO4. The molecule has 1 aromatic rings. The number of aliphatic carboxylic acids is 1. The van der Waals surface area contributed by atoms with Crippen LogP contribution in [-0.2, 0) is 9.59 Å². The highest BCUT2D eigenvalue weighted by Crippen LogP contribution is 2.14. The third-order valence-corrected chi connectivity index (χ3v) is 2.70. The molecule has 0 aromatic heterocycles. The topological polar surface area (TPSA) is 66.8 Å². The molecule has 0 fully saturated rings. The Balaban J connectivity index is 2.72. The minimum absolute atomic E-state index is 0.145. The average Bonchev–Trinajstić information content (AvgIpc) is 2.38. The highest BCUT2D eigenvalue weighted by atomic mass is 19.1. The lowest BCUT2D eigenvalue weighted by Crippen LogP contribution is -2.44. The van der Waals surface area contributed by atoms with E-state index in [0.29, 0.717) is 12.3 Å². The molecule has 5 nitrogen and oxygen atoms in total. The first-order chi connectivity index (χ1) is 9.79. The molecule has 1 N–H and O–H groups in total. The van der Waals surface area contributed by atoms with Crippen LogP contribution in [0.25, 0.3) is 0 Å². The third kappa shape index (κ3) is 5.81. The van der Waals surface area contributed by atoms with E-state index in [1.807, 2.05) is 13.8 Å². The van der Waals surface area contributed by atoms with E-state index < -0.39 is 23.8 Å². The largest absolute Gasteiger partial charge is 0.481 e. The Morgan fingerprint density at radius 1 is 1.24 bits per heavy atom. The fraction of sp³-hybridized carbons (Fsp3) is 0.467. The molecule has 0 aliphatic rings. The zero-order chi connectivity index (χ0) is 16.0. The Kier molecular flexibility index (Phi) is 6.14. The summed E-state index contributed by atoms with van der Waals surface area (Å²) < 4.78 is 18.2. The Morgan fingerprint density at radius 3 is 2.29 bits per heavy atom. The van der Waals surface area contributed by atoms with Crippen molar-refractivity contribution in [3.63, 3.8) is 0 Å². The van der Waals surface area contributed by atoms with E-state index in [1.165, 1.54) is 29.2 Å². The normalized spacial score (nSPS) is 12.0. The first kappa shape index (κ1) is 16.9. The van der Waals surface area contributed by atoms with Gasteiger partial charge in [0.1, 0.15) is 18.1 Å². The maximum Gasteiger partial charge on any atom is 0.323 e. The predicted octanol–water partition coefficient (Wildman–Crippen LogP) is 2.16. The maximum absolute atomic E-state index is 12.8. The van der Waals surface area contributed by atoms with Crippen molar-refractivity contribution in [3.05, 3.63) is 30.1 Å². The second-order valence-electron chi connectivity index (χ2n) is 5.22. The lowest BCUT2D eigenvalue weighted by molar-refractivity contribution is -0.147. The molecule has 1 aromatic carbocycles. The second kappa shape index (κ2) is 7.61. The summed E-state index contributed by atoms with van der Waals surface area (Å²) >= 11 is 0. The summed E-state index contributed by atoms with van der Waals surface area (Å²) in [5.74, 6) is -1.37. The summed E-state index contributed by atoms with van der Waals surface area (Å²) in [4.78, 5) is 24.3. The molecule has 0 saturated carbocycles. The standard InChI is InChI=1S/C15H20FNO4/c1-10(2)8-17(9-14(18)19)15(20)11(3)21-13-6-4-12(16)5-7-13/h4-7,10-11H,8-9H2,1-3H3,(H,18,19). The van der Waals surface area contributed by atoms with Crippen molar-refractivity contribution in [2.75, 3.05) is 13.1 Å². The van der Waals surface area contributed by atoms with Crippen molar-refractivity contribution in [2.24, 2.45) is 5.92 Å². The van der Waals surface area contributed by atoms with Gasteiger partial charge in [0, 0.05) is 6.54 Å². The Labute approximate surface area is 123 Å². The van der Waals surface area contributed by atoms with Crippen LogP contribution in [0.1, 0.15) is 20.8 Å². The predicted molar refractivity (Wildman–Crippen MR) is 75.5 cm³/mol. The summed E-state index contributed by atoms with van der Waals surface area (Å²) in [6.45, 7) is 5.30. The average molecular weight is 297 g/mol. The zero-order valence-corrected chi connectivity index (χ0v) is 12.4. The van der Waals surface area contributed by atoms with Crippen LogP contribution in [0.15, 0.2) is 24.3 Å². The van der Waals surface area contributed by atoms with Crippen molar-refractivity contribution >= 4 is 11.9 Å². The third-order valence-electron chi connectivity index (χ3n) is 2.70. The van der Waals surface area contributed by atoms with E-state index >= 15 is 0 Å². The number of halogens is 1. The molecule has 1 unspecified atom stereocenters. The fourth-order valence-electron chi connectivity index (χ4n) is 1.86. The Hall–Kier alpha value is -2.11. The van der Waals surface area contributed by atoms with Gasteiger partial charge in [-0.2, -0.15) is 0 Å². The Morgan fingerprint density at radius 2 is 1.81 bits per heavy atom. The number of hydrogen-bond acceptors (Lipinski definition) is 3. The number of carboxylic acids is 1. The van der Waals surface area contributed by atoms with E-state index in [2.05, 4.69) is 0 Å². The molecule has 0 saturated heterocycles. The fourth-order valence-corrected chi connectivity index (χ4v) is 1.86. The van der Waals surface area contributed by atoms with Crippen LogP contribution in [0.4, 0.5) is 4.39 Å². The number of ether oxygens (including phenoxy) is 1. The zero-order valence-electron chi connectivity index (χ0n) is 12.4. The van der Waals surface area contributed by atoms with Gasteiger partial charge in [0.05, 0.1) is 0 Å². The lowest BCUT2D eigenvalue weighted by atomic mass is 10.2. The first-order valence-corrected chi connectivity index (χ1v) is 6.72. The van der Waals surface area contributed by atoms with E-state index in [4.69, 9.17) is 9.84 Å². The van der Waals surface area contributed by atoms with Crippen molar-refractivity contribution in [1.82, 2.24) is 4.90 Å². The highest BCUT2D eigenvalue weighted by Gasteiger charge is 2.24. The molecule has 0 aliphatic heterocycles. The van der Waals surface area contributed by atoms with Gasteiger partial charge in [0.15, 0.2) is 6.10 Å². The molecule has 1 atom stereocenters. The number of carboxylic acid groups (broad SMARTS) is 1. The number of carbonyl (C=O) groups is 2. The first-order valence-electron chi connectivity index (χ1n) is 6.72. The summed E-state index contributed by atoms with van der Waals surface area (Å²) in [6, 6.07) is 5.30. The molecule has 1 rings (SSSR count). The smallest absolute Gasteiger partial charge is 0.323 e. The number of carbonyl (C=O) groups excluding carboxylic acids is 1. The van der Waals surface area contributed by atoms with Gasteiger partial charge in [-0.1, -0.05) is 13.8 Å². The van der Waals surface area contributed by atoms with E-state index in [9.17, 15) is 14.0 Å². The van der Waals surface area contributed by atoms with E-state index in [1.54, 1.807) is 6.92 Å². The number of nitrogens with zero attached hydrogens (tertiary/aromatic N) is 1. The molecule has 6 heteroatoms. The van der Waals surface area contributed by atoms with Gasteiger partial charge in [-0.3, -0.25) is 9.59 Å². The van der Waals surface area contributed by atoms with Gasteiger partial charge < -0.3 is 14.7 Å². The van der Waals surface area contributed by atoms with E-state index in [0.717, 1.165) is 0 Å². The monoisotopic (exact) mass is 297 g/mol. The number of rotatable bonds is 7. The molecule has 0 heterocycles. The van der Waals surface area contributed by atoms with Gasteiger partial charge >= 0.3 is 5.97 Å². The van der Waals surface area contributed by atoms with Crippen LogP contribution < -0.4 is 4.74 Å². The minimum atomic E-state index is -1.07. The van der Waals surface area contributed by atoms with Crippen LogP contribution in [0.2, 0.25) is 0 Å². The molecule has 21 heavy (non-hydrogen) atoms. The van der Waals surface area contributed by atoms with Gasteiger partial charge in [-0.25, -0.2) is 4.39 Å². The van der Waals surface area contributed by atoms with Crippen molar-refractivity contribution in [2.45, 2.75) is 26.9 Å². The van der Waals surface area contributed by atoms with Gasteiger partial charge in [0.2, 0.25) is 0 Å². The maximum atomic E-state index is 12.8. The van der Waals surface area contributed by atoms with Crippen LogP contribution in [0.3, 0.4) is 0 Å². The molecule has 0 radical (unpaired) electrons. The minimum Gasteiger partial charge on any atom is -0.481 e. The van der Waals surface area contributed by atoms with Crippen LogP contribution in [0.5, 0.6) is 5.75 Å². The van der Waals surface area contributed by atoms with Crippen molar-refractivity contribution in [1.29, 1.82) is 0 Å². The van der Waals surface area contributed by atoms with E-state index in [-0.39, 0.29) is 12.5 Å². The van der Waals surface area contributed by atoms with Crippen LogP contribution in [-0.4, -0.2) is 41.1 Å². The highest BCUT2D eigenvalue weighted by molar-refractivity contribution is 5.84. The lowest BCUT2D eigenvalue weighted by Gasteiger charge is -2.26.